The van der Waals surface area contributed by atoms with Gasteiger partial charge in [0.05, 0.1) is 89.0 Å². The highest BCUT2D eigenvalue weighted by Crippen LogP contribution is 2.29. The van der Waals surface area contributed by atoms with Crippen molar-refractivity contribution in [3.8, 4) is 50.6 Å². The van der Waals surface area contributed by atoms with Crippen LogP contribution in [0.15, 0.2) is 146 Å². The smallest absolute Gasteiger partial charge is 0.339 e. The third kappa shape index (κ3) is 36.7. The zero-order chi connectivity index (χ0) is 78.0. The molecule has 6 aromatic carbocycles. The van der Waals surface area contributed by atoms with Crippen LogP contribution in [-0.2, 0) is 42.8 Å². The maximum Gasteiger partial charge on any atom is 0.339 e. The summed E-state index contributed by atoms with van der Waals surface area (Å²) < 4.78 is 51.0. The minimum absolute atomic E-state index is 0.0607. The number of carbonyl (C=O) groups excluding carboxylic acids is 6. The molecule has 109 heavy (non-hydrogen) atoms. The van der Waals surface area contributed by atoms with Crippen molar-refractivity contribution in [3.63, 3.8) is 0 Å². The molecule has 0 fully saturated rings. The van der Waals surface area contributed by atoms with Crippen LogP contribution in [-0.4, -0.2) is 106 Å². The van der Waals surface area contributed by atoms with Crippen molar-refractivity contribution >= 4 is 35.8 Å². The molecule has 16 heteroatoms. The largest absolute Gasteiger partial charge is 0.494 e. The van der Waals surface area contributed by atoms with Crippen LogP contribution in [0.2, 0.25) is 0 Å². The minimum atomic E-state index is -2.41. The van der Waals surface area contributed by atoms with Gasteiger partial charge >= 0.3 is 35.8 Å². The molecule has 0 aliphatic carbocycles. The molecule has 0 radical (unpaired) electrons. The Kier molecular flexibility index (Phi) is 43.8. The Balaban J connectivity index is 0.802. The molecule has 3 atom stereocenters. The standard InChI is InChI=1S/C93H128O16/c1-7-72(4)69-107-89(96)81-43-37-75(38-44-81)78-49-55-84(56-50-78)101-61-31-25-19-13-10-16-22-28-34-64-104-87(94)67-93(100,92(99)106-66-36-30-24-18-12-15-21-27-33-63-103-86-59-53-80(54-60-86)77-41-47-83(48-42-77)91(98)109-71-74(6)9-3)68-88(95)105-65-35-29-23-17-11-14-20-26-32-62-102-85-57-51-79(52-58-85)76-39-45-82(46-40-76)90(97)108-70-73(5)8-2/h37-60,72-74,100H,7-36,61-71H2,1-6H3/t72-,73-,74-/m0/s1. The first kappa shape index (κ1) is 89.4. The van der Waals surface area contributed by atoms with Crippen molar-refractivity contribution < 1.29 is 76.5 Å². The Hall–Kier alpha value is -8.50. The lowest BCUT2D eigenvalue weighted by atomic mass is 9.95. The molecule has 0 bridgehead atoms. The molecule has 0 aliphatic rings. The first-order chi connectivity index (χ1) is 53.1. The second-order valence-electron chi connectivity index (χ2n) is 29.7. The van der Waals surface area contributed by atoms with Gasteiger partial charge in [0.1, 0.15) is 17.2 Å². The highest BCUT2D eigenvalue weighted by molar-refractivity contribution is 5.92. The highest BCUT2D eigenvalue weighted by atomic mass is 16.6. The molecule has 0 aromatic heterocycles. The number of hydrogen-bond donors (Lipinski definition) is 1. The molecule has 0 aliphatic heterocycles. The number of aliphatic hydroxyl groups is 1. The Morgan fingerprint density at radius 3 is 0.706 bits per heavy atom. The van der Waals surface area contributed by atoms with E-state index >= 15 is 0 Å². The van der Waals surface area contributed by atoms with Crippen LogP contribution in [0, 0.1) is 17.8 Å². The van der Waals surface area contributed by atoms with Gasteiger partial charge in [-0.1, -0.05) is 268 Å². The monoisotopic (exact) mass is 1500 g/mol. The van der Waals surface area contributed by atoms with Crippen LogP contribution < -0.4 is 14.2 Å². The molecule has 596 valence electrons. The van der Waals surface area contributed by atoms with Gasteiger partial charge in [-0.3, -0.25) is 9.59 Å². The number of esters is 6. The molecule has 1 N–H and O–H groups in total. The van der Waals surface area contributed by atoms with Gasteiger partial charge in [0.25, 0.3) is 0 Å². The van der Waals surface area contributed by atoms with Crippen LogP contribution in [0.4, 0.5) is 0 Å². The Morgan fingerprint density at radius 1 is 0.275 bits per heavy atom. The zero-order valence-electron chi connectivity index (χ0n) is 66.7. The maximum absolute atomic E-state index is 13.6. The number of hydrogen-bond acceptors (Lipinski definition) is 16. The summed E-state index contributed by atoms with van der Waals surface area (Å²) in [6.45, 7) is 16.0. The lowest BCUT2D eigenvalue weighted by Crippen LogP contribution is -2.45. The first-order valence-electron chi connectivity index (χ1n) is 41.3. The van der Waals surface area contributed by atoms with Crippen molar-refractivity contribution in [3.05, 3.63) is 162 Å². The van der Waals surface area contributed by atoms with E-state index < -0.39 is 36.4 Å². The molecule has 16 nitrogen and oxygen atoms in total. The molecule has 6 rings (SSSR count). The summed E-state index contributed by atoms with van der Waals surface area (Å²) in [5, 5.41) is 11.7. The predicted octanol–water partition coefficient (Wildman–Crippen LogP) is 22.5. The number of benzene rings is 6. The fraction of sp³-hybridized carbons (Fsp3) is 0.548. The summed E-state index contributed by atoms with van der Waals surface area (Å²) in [6.07, 6.45) is 28.3. The van der Waals surface area contributed by atoms with E-state index in [1.807, 2.05) is 146 Å². The SMILES string of the molecule is CC[C@H](C)COC(=O)c1ccc(-c2ccc(OCCCCCCCCCCCOC(=O)CC(O)(CC(=O)OCCCCCCCCCCCOc3ccc(-c4ccc(C(=O)OC[C@@H](C)CC)cc4)cc3)C(=O)OCCCCCCCCCCCOc3ccc(-c4ccc(C(=O)OC[C@@H](C)CC)cc4)cc3)cc2)cc1. The quantitative estimate of drug-likeness (QED) is 0.0214. The average Bonchev–Trinajstić information content (AvgIpc) is 0.882. The lowest BCUT2D eigenvalue weighted by Gasteiger charge is -2.24. The van der Waals surface area contributed by atoms with E-state index in [9.17, 15) is 33.9 Å². The molecular weight excluding hydrogens is 1370 g/mol. The van der Waals surface area contributed by atoms with E-state index in [0.29, 0.717) is 93.3 Å². The van der Waals surface area contributed by atoms with E-state index in [1.54, 1.807) is 0 Å². The van der Waals surface area contributed by atoms with Gasteiger partial charge in [-0.15, -0.1) is 0 Å². The summed E-state index contributed by atoms with van der Waals surface area (Å²) in [5.74, 6) is 0.0497. The molecule has 0 saturated carbocycles. The summed E-state index contributed by atoms with van der Waals surface area (Å²) >= 11 is 0. The second-order valence-corrected chi connectivity index (χ2v) is 29.7. The van der Waals surface area contributed by atoms with Gasteiger partial charge in [0, 0.05) is 0 Å². The number of ether oxygens (including phenoxy) is 9. The van der Waals surface area contributed by atoms with E-state index in [4.69, 9.17) is 42.6 Å². The Bertz CT molecular complexity index is 3320. The van der Waals surface area contributed by atoms with Crippen LogP contribution in [0.3, 0.4) is 0 Å². The maximum atomic E-state index is 13.6. The Labute approximate surface area is 651 Å². The molecule has 0 amide bonds. The lowest BCUT2D eigenvalue weighted by molar-refractivity contribution is -0.178. The summed E-state index contributed by atoms with van der Waals surface area (Å²) in [7, 11) is 0. The number of rotatable bonds is 59. The van der Waals surface area contributed by atoms with E-state index in [1.165, 1.54) is 0 Å². The Morgan fingerprint density at radius 2 is 0.477 bits per heavy atom. The molecule has 0 unspecified atom stereocenters. The van der Waals surface area contributed by atoms with Gasteiger partial charge in [-0.25, -0.2) is 19.2 Å². The van der Waals surface area contributed by atoms with Crippen molar-refractivity contribution in [2.24, 2.45) is 17.8 Å². The van der Waals surface area contributed by atoms with Crippen molar-refractivity contribution in [1.29, 1.82) is 0 Å². The van der Waals surface area contributed by atoms with Crippen molar-refractivity contribution in [2.75, 3.05) is 59.5 Å². The van der Waals surface area contributed by atoms with E-state index in [2.05, 4.69) is 41.5 Å². The summed E-state index contributed by atoms with van der Waals surface area (Å²) in [5.41, 5.74) is 5.42. The van der Waals surface area contributed by atoms with E-state index in [-0.39, 0.29) is 37.7 Å². The fourth-order valence-electron chi connectivity index (χ4n) is 12.2. The van der Waals surface area contributed by atoms with Gasteiger partial charge < -0.3 is 47.7 Å². The third-order valence-electron chi connectivity index (χ3n) is 20.2. The van der Waals surface area contributed by atoms with Crippen LogP contribution in [0.5, 0.6) is 17.2 Å². The van der Waals surface area contributed by atoms with Crippen LogP contribution in [0.25, 0.3) is 33.4 Å². The third-order valence-corrected chi connectivity index (χ3v) is 20.2. The van der Waals surface area contributed by atoms with E-state index in [0.717, 1.165) is 224 Å². The zero-order valence-corrected chi connectivity index (χ0v) is 66.7. The molecule has 6 aromatic rings. The van der Waals surface area contributed by atoms with Gasteiger partial charge in [-0.2, -0.15) is 0 Å². The number of carbonyl (C=O) groups is 6. The van der Waals surface area contributed by atoms with Crippen molar-refractivity contribution in [2.45, 2.75) is 253 Å². The molecular formula is C93H128O16. The summed E-state index contributed by atoms with van der Waals surface area (Å²) in [4.78, 5) is 77.2. The fourth-order valence-corrected chi connectivity index (χ4v) is 12.2. The van der Waals surface area contributed by atoms with Crippen LogP contribution in [0.1, 0.15) is 278 Å². The van der Waals surface area contributed by atoms with Crippen molar-refractivity contribution in [1.82, 2.24) is 0 Å². The second kappa shape index (κ2) is 53.4. The number of unbranched alkanes of at least 4 members (excludes halogenated alkanes) is 24. The highest BCUT2D eigenvalue weighted by Gasteiger charge is 2.43. The molecule has 0 heterocycles. The topological polar surface area (TPSA) is 206 Å². The van der Waals surface area contributed by atoms with Gasteiger partial charge in [0.15, 0.2) is 5.60 Å². The molecule has 0 saturated heterocycles. The molecule has 0 spiro atoms. The average molecular weight is 1500 g/mol. The van der Waals surface area contributed by atoms with Gasteiger partial charge in [-0.05, 0) is 162 Å². The minimum Gasteiger partial charge on any atom is -0.494 e. The van der Waals surface area contributed by atoms with Crippen LogP contribution >= 0.6 is 0 Å². The summed E-state index contributed by atoms with van der Waals surface area (Å²) in [6, 6.07) is 46.5. The normalized spacial score (nSPS) is 12.1. The first-order valence-corrected chi connectivity index (χ1v) is 41.3. The predicted molar refractivity (Wildman–Crippen MR) is 433 cm³/mol. The van der Waals surface area contributed by atoms with Gasteiger partial charge in [0.2, 0.25) is 0 Å².